The van der Waals surface area contributed by atoms with Gasteiger partial charge in [-0.2, -0.15) is 0 Å². The molecule has 100 valence electrons. The summed E-state index contributed by atoms with van der Waals surface area (Å²) >= 11 is 3.37. The van der Waals surface area contributed by atoms with Gasteiger partial charge in [-0.05, 0) is 35.0 Å². The average molecular weight is 317 g/mol. The maximum Gasteiger partial charge on any atom is 0.169 e. The molecule has 1 aromatic carbocycles. The number of benzene rings is 1. The first kappa shape index (κ1) is 15.0. The van der Waals surface area contributed by atoms with E-state index in [0.29, 0.717) is 28.0 Å². The lowest BCUT2D eigenvalue weighted by atomic mass is 10.0. The molecule has 5 heteroatoms. The number of hydrogen-bond acceptors (Lipinski definition) is 4. The fraction of sp³-hybridized carbons (Fsp3) is 0.462. The van der Waals surface area contributed by atoms with Crippen LogP contribution in [-0.2, 0) is 4.74 Å². The van der Waals surface area contributed by atoms with Crippen LogP contribution in [0.15, 0.2) is 16.6 Å². The Balaban J connectivity index is 3.09. The van der Waals surface area contributed by atoms with E-state index in [0.717, 1.165) is 0 Å². The lowest BCUT2D eigenvalue weighted by molar-refractivity contribution is 0.0789. The highest BCUT2D eigenvalue weighted by Gasteiger charge is 2.19. The van der Waals surface area contributed by atoms with Crippen molar-refractivity contribution < 1.29 is 19.0 Å². The molecule has 1 atom stereocenters. The summed E-state index contributed by atoms with van der Waals surface area (Å²) in [4.78, 5) is 12.1. The first-order valence-corrected chi connectivity index (χ1v) is 6.30. The lowest BCUT2D eigenvalue weighted by Gasteiger charge is -2.14. The van der Waals surface area contributed by atoms with Crippen LogP contribution in [0.4, 0.5) is 0 Å². The van der Waals surface area contributed by atoms with Crippen LogP contribution in [0.5, 0.6) is 11.5 Å². The summed E-state index contributed by atoms with van der Waals surface area (Å²) in [7, 11) is 4.67. The van der Waals surface area contributed by atoms with Gasteiger partial charge in [0.15, 0.2) is 5.78 Å². The smallest absolute Gasteiger partial charge is 0.169 e. The molecule has 0 amide bonds. The van der Waals surface area contributed by atoms with Gasteiger partial charge >= 0.3 is 0 Å². The summed E-state index contributed by atoms with van der Waals surface area (Å²) in [5, 5.41) is 0. The number of methoxy groups -OCH3 is 3. The molecule has 1 aromatic rings. The zero-order valence-electron chi connectivity index (χ0n) is 11.0. The quantitative estimate of drug-likeness (QED) is 0.757. The van der Waals surface area contributed by atoms with E-state index in [1.807, 2.05) is 6.92 Å². The highest BCUT2D eigenvalue weighted by molar-refractivity contribution is 9.10. The SMILES string of the molecule is COc1ccc(C(=O)CC(C)OC)c(OC)c1Br. The van der Waals surface area contributed by atoms with Crippen molar-refractivity contribution in [1.82, 2.24) is 0 Å². The molecule has 0 radical (unpaired) electrons. The van der Waals surface area contributed by atoms with E-state index in [-0.39, 0.29) is 11.9 Å². The van der Waals surface area contributed by atoms with Crippen molar-refractivity contribution in [3.05, 3.63) is 22.2 Å². The molecule has 0 aliphatic heterocycles. The fourth-order valence-corrected chi connectivity index (χ4v) is 2.24. The number of halogens is 1. The average Bonchev–Trinajstić information content (AvgIpc) is 2.37. The van der Waals surface area contributed by atoms with Crippen LogP contribution < -0.4 is 9.47 Å². The molecule has 0 aliphatic carbocycles. The summed E-state index contributed by atoms with van der Waals surface area (Å²) in [6.07, 6.45) is 0.189. The molecule has 1 rings (SSSR count). The van der Waals surface area contributed by atoms with Crippen LogP contribution in [0.3, 0.4) is 0 Å². The molecule has 4 nitrogen and oxygen atoms in total. The van der Waals surface area contributed by atoms with Gasteiger partial charge in [-0.1, -0.05) is 0 Å². The van der Waals surface area contributed by atoms with Gasteiger partial charge in [0.1, 0.15) is 16.0 Å². The van der Waals surface area contributed by atoms with Gasteiger partial charge in [0, 0.05) is 13.5 Å². The zero-order valence-corrected chi connectivity index (χ0v) is 12.5. The largest absolute Gasteiger partial charge is 0.495 e. The van der Waals surface area contributed by atoms with Gasteiger partial charge < -0.3 is 14.2 Å². The van der Waals surface area contributed by atoms with Gasteiger partial charge in [-0.25, -0.2) is 0 Å². The molecular weight excluding hydrogens is 300 g/mol. The van der Waals surface area contributed by atoms with Gasteiger partial charge in [-0.3, -0.25) is 4.79 Å². The summed E-state index contributed by atoms with van der Waals surface area (Å²) < 4.78 is 16.2. The highest BCUT2D eigenvalue weighted by atomic mass is 79.9. The Hall–Kier alpha value is -1.07. The zero-order chi connectivity index (χ0) is 13.7. The molecule has 0 N–H and O–H groups in total. The third kappa shape index (κ3) is 3.23. The minimum atomic E-state index is -0.122. The van der Waals surface area contributed by atoms with Crippen LogP contribution in [-0.4, -0.2) is 33.2 Å². The molecule has 0 spiro atoms. The van der Waals surface area contributed by atoms with Crippen molar-refractivity contribution in [2.45, 2.75) is 19.4 Å². The number of ketones is 1. The maximum absolute atomic E-state index is 12.1. The van der Waals surface area contributed by atoms with E-state index in [1.165, 1.54) is 7.11 Å². The number of rotatable bonds is 6. The number of carbonyl (C=O) groups excluding carboxylic acids is 1. The third-order valence-electron chi connectivity index (χ3n) is 2.66. The van der Waals surface area contributed by atoms with Crippen molar-refractivity contribution in [2.24, 2.45) is 0 Å². The van der Waals surface area contributed by atoms with Crippen molar-refractivity contribution in [1.29, 1.82) is 0 Å². The molecular formula is C13H17BrO4. The normalized spacial score (nSPS) is 12.1. The Bertz CT molecular complexity index is 431. The van der Waals surface area contributed by atoms with Crippen LogP contribution in [0.25, 0.3) is 0 Å². The molecule has 0 heterocycles. The van der Waals surface area contributed by atoms with E-state index >= 15 is 0 Å². The van der Waals surface area contributed by atoms with Crippen LogP contribution in [0, 0.1) is 0 Å². The molecule has 0 bridgehead atoms. The van der Waals surface area contributed by atoms with Gasteiger partial charge in [0.25, 0.3) is 0 Å². The van der Waals surface area contributed by atoms with E-state index in [9.17, 15) is 4.79 Å². The summed E-state index contributed by atoms with van der Waals surface area (Å²) in [6, 6.07) is 3.43. The number of carbonyl (C=O) groups is 1. The molecule has 0 saturated carbocycles. The third-order valence-corrected chi connectivity index (χ3v) is 3.41. The summed E-state index contributed by atoms with van der Waals surface area (Å²) in [5.41, 5.74) is 0.522. The molecule has 0 fully saturated rings. The van der Waals surface area contributed by atoms with Crippen molar-refractivity contribution in [2.75, 3.05) is 21.3 Å². The molecule has 0 aromatic heterocycles. The minimum absolute atomic E-state index is 0.0236. The number of hydrogen-bond donors (Lipinski definition) is 0. The van der Waals surface area contributed by atoms with Crippen LogP contribution >= 0.6 is 15.9 Å². The number of Topliss-reactive ketones (excluding diaryl/α,β-unsaturated/α-hetero) is 1. The van der Waals surface area contributed by atoms with Crippen LogP contribution in [0.2, 0.25) is 0 Å². The fourth-order valence-electron chi connectivity index (χ4n) is 1.57. The summed E-state index contributed by atoms with van der Waals surface area (Å²) in [6.45, 7) is 1.85. The Morgan fingerprint density at radius 2 is 1.94 bits per heavy atom. The predicted molar refractivity (Wildman–Crippen MR) is 72.7 cm³/mol. The molecule has 18 heavy (non-hydrogen) atoms. The topological polar surface area (TPSA) is 44.8 Å². The Morgan fingerprint density at radius 1 is 1.28 bits per heavy atom. The van der Waals surface area contributed by atoms with E-state index in [2.05, 4.69) is 15.9 Å². The standard InChI is InChI=1S/C13H17BrO4/c1-8(16-2)7-10(15)9-5-6-11(17-3)12(14)13(9)18-4/h5-6,8H,7H2,1-4H3. The first-order valence-electron chi connectivity index (χ1n) is 5.51. The molecule has 0 aliphatic rings. The first-order chi connectivity index (χ1) is 8.54. The second kappa shape index (κ2) is 6.75. The molecule has 0 saturated heterocycles. The van der Waals surface area contributed by atoms with E-state index in [4.69, 9.17) is 14.2 Å². The minimum Gasteiger partial charge on any atom is -0.495 e. The highest BCUT2D eigenvalue weighted by Crippen LogP contribution is 2.37. The van der Waals surface area contributed by atoms with Crippen molar-refractivity contribution in [3.8, 4) is 11.5 Å². The lowest BCUT2D eigenvalue weighted by Crippen LogP contribution is -2.13. The predicted octanol–water partition coefficient (Wildman–Crippen LogP) is 3.07. The van der Waals surface area contributed by atoms with Gasteiger partial charge in [-0.15, -0.1) is 0 Å². The molecule has 1 unspecified atom stereocenters. The van der Waals surface area contributed by atoms with Crippen LogP contribution in [0.1, 0.15) is 23.7 Å². The monoisotopic (exact) mass is 316 g/mol. The second-order valence-corrected chi connectivity index (χ2v) is 4.63. The number of ether oxygens (including phenoxy) is 3. The Kier molecular flexibility index (Phi) is 5.62. The second-order valence-electron chi connectivity index (χ2n) is 3.84. The maximum atomic E-state index is 12.1. The Labute approximate surface area is 115 Å². The van der Waals surface area contributed by atoms with Gasteiger partial charge in [0.2, 0.25) is 0 Å². The van der Waals surface area contributed by atoms with E-state index in [1.54, 1.807) is 26.4 Å². The van der Waals surface area contributed by atoms with Crippen molar-refractivity contribution in [3.63, 3.8) is 0 Å². The van der Waals surface area contributed by atoms with E-state index < -0.39 is 0 Å². The van der Waals surface area contributed by atoms with Gasteiger partial charge in [0.05, 0.1) is 25.9 Å². The Morgan fingerprint density at radius 3 is 2.44 bits per heavy atom. The van der Waals surface area contributed by atoms with Crippen molar-refractivity contribution >= 4 is 21.7 Å². The summed E-state index contributed by atoms with van der Waals surface area (Å²) in [5.74, 6) is 1.09.